The van der Waals surface area contributed by atoms with Crippen LogP contribution < -0.4 is 4.72 Å². The second-order valence-corrected chi connectivity index (χ2v) is 6.93. The van der Waals surface area contributed by atoms with Gasteiger partial charge in [0.1, 0.15) is 0 Å². The van der Waals surface area contributed by atoms with E-state index >= 15 is 0 Å². The van der Waals surface area contributed by atoms with Crippen LogP contribution in [0.1, 0.15) is 32.3 Å². The van der Waals surface area contributed by atoms with Crippen LogP contribution in [0.2, 0.25) is 0 Å². The van der Waals surface area contributed by atoms with Gasteiger partial charge in [-0.25, -0.2) is 13.1 Å². The molecule has 2 N–H and O–H groups in total. The van der Waals surface area contributed by atoms with Crippen LogP contribution in [-0.4, -0.2) is 31.3 Å². The van der Waals surface area contributed by atoms with Gasteiger partial charge in [-0.15, -0.1) is 0 Å². The van der Waals surface area contributed by atoms with Crippen molar-refractivity contribution in [1.82, 2.24) is 4.72 Å². The molecule has 0 saturated heterocycles. The van der Waals surface area contributed by atoms with E-state index in [1.54, 1.807) is 6.92 Å². The molecule has 3 unspecified atom stereocenters. The summed E-state index contributed by atoms with van der Waals surface area (Å²) in [5.74, 6) is -2.00. The van der Waals surface area contributed by atoms with Crippen LogP contribution in [0, 0.1) is 5.92 Å². The van der Waals surface area contributed by atoms with Gasteiger partial charge < -0.3 is 5.11 Å². The highest BCUT2D eigenvalue weighted by Gasteiger charge is 2.25. The molecule has 1 aromatic carbocycles. The number of carboxylic acid groups (broad SMARTS) is 1. The molecule has 0 fully saturated rings. The fourth-order valence-electron chi connectivity index (χ4n) is 1.85. The van der Waals surface area contributed by atoms with Crippen molar-refractivity contribution >= 4 is 16.0 Å². The van der Waals surface area contributed by atoms with Gasteiger partial charge in [0.2, 0.25) is 10.0 Å². The second kappa shape index (κ2) is 6.85. The van der Waals surface area contributed by atoms with Crippen LogP contribution in [0.25, 0.3) is 0 Å². The topological polar surface area (TPSA) is 83.5 Å². The molecule has 5 nitrogen and oxygen atoms in total. The zero-order valence-electron chi connectivity index (χ0n) is 11.9. The molecular formula is C14H21NO4S. The highest BCUT2D eigenvalue weighted by molar-refractivity contribution is 7.89. The maximum Gasteiger partial charge on any atom is 0.307 e. The van der Waals surface area contributed by atoms with Gasteiger partial charge in [-0.2, -0.15) is 0 Å². The van der Waals surface area contributed by atoms with Crippen LogP contribution in [-0.2, 0) is 14.8 Å². The van der Waals surface area contributed by atoms with E-state index in [1.165, 1.54) is 6.92 Å². The Hall–Kier alpha value is -1.40. The molecule has 0 aromatic heterocycles. The Labute approximate surface area is 120 Å². The fourth-order valence-corrected chi connectivity index (χ4v) is 3.57. The second-order valence-electron chi connectivity index (χ2n) is 5.13. The van der Waals surface area contributed by atoms with Gasteiger partial charge >= 0.3 is 5.97 Å². The summed E-state index contributed by atoms with van der Waals surface area (Å²) in [5.41, 5.74) is 0.941. The van der Waals surface area contributed by atoms with Crippen molar-refractivity contribution in [3.05, 3.63) is 35.9 Å². The van der Waals surface area contributed by atoms with Crippen molar-refractivity contribution in [1.29, 1.82) is 0 Å². The number of carboxylic acids is 1. The van der Waals surface area contributed by atoms with Gasteiger partial charge in [0.15, 0.2) is 0 Å². The molecule has 0 aliphatic heterocycles. The van der Waals surface area contributed by atoms with Crippen molar-refractivity contribution in [2.45, 2.75) is 32.7 Å². The molecule has 6 heteroatoms. The van der Waals surface area contributed by atoms with E-state index in [0.29, 0.717) is 0 Å². The highest BCUT2D eigenvalue weighted by atomic mass is 32.2. The van der Waals surface area contributed by atoms with Gasteiger partial charge in [0.05, 0.1) is 11.7 Å². The van der Waals surface area contributed by atoms with E-state index in [2.05, 4.69) is 4.72 Å². The molecule has 0 spiro atoms. The van der Waals surface area contributed by atoms with Crippen LogP contribution in [0.15, 0.2) is 30.3 Å². The summed E-state index contributed by atoms with van der Waals surface area (Å²) in [4.78, 5) is 10.8. The number of aliphatic carboxylic acids is 1. The Kier molecular flexibility index (Phi) is 5.71. The maximum absolute atomic E-state index is 12.0. The molecule has 0 heterocycles. The van der Waals surface area contributed by atoms with E-state index in [-0.39, 0.29) is 11.7 Å². The molecule has 112 valence electrons. The lowest BCUT2D eigenvalue weighted by Crippen LogP contribution is -2.41. The fraction of sp³-hybridized carbons (Fsp3) is 0.500. The quantitative estimate of drug-likeness (QED) is 0.804. The first-order valence-corrected chi connectivity index (χ1v) is 8.16. The van der Waals surface area contributed by atoms with E-state index in [0.717, 1.165) is 5.56 Å². The van der Waals surface area contributed by atoms with Crippen molar-refractivity contribution in [3.8, 4) is 0 Å². The van der Waals surface area contributed by atoms with Gasteiger partial charge in [-0.3, -0.25) is 4.79 Å². The van der Waals surface area contributed by atoms with Crippen molar-refractivity contribution in [2.24, 2.45) is 5.92 Å². The number of sulfonamides is 1. The van der Waals surface area contributed by atoms with Gasteiger partial charge in [-0.1, -0.05) is 44.2 Å². The summed E-state index contributed by atoms with van der Waals surface area (Å²) >= 11 is 0. The number of hydrogen-bond acceptors (Lipinski definition) is 3. The zero-order chi connectivity index (χ0) is 15.3. The highest BCUT2D eigenvalue weighted by Crippen LogP contribution is 2.17. The van der Waals surface area contributed by atoms with Crippen molar-refractivity contribution in [2.75, 3.05) is 5.75 Å². The Morgan fingerprint density at radius 2 is 1.75 bits per heavy atom. The number of rotatable bonds is 7. The zero-order valence-corrected chi connectivity index (χ0v) is 12.7. The maximum atomic E-state index is 12.0. The Bertz CT molecular complexity index is 542. The van der Waals surface area contributed by atoms with E-state index in [1.807, 2.05) is 37.3 Å². The average molecular weight is 299 g/mol. The SMILES string of the molecule is CC(CS(=O)(=O)NC(C)C(C)C(=O)O)c1ccccc1. The Morgan fingerprint density at radius 3 is 2.25 bits per heavy atom. The molecule has 1 aromatic rings. The van der Waals surface area contributed by atoms with Gasteiger partial charge in [-0.05, 0) is 18.4 Å². The molecule has 3 atom stereocenters. The summed E-state index contributed by atoms with van der Waals surface area (Å²) in [6.07, 6.45) is 0. The smallest absolute Gasteiger partial charge is 0.307 e. The van der Waals surface area contributed by atoms with Crippen LogP contribution >= 0.6 is 0 Å². The predicted octanol–water partition coefficient (Wildman–Crippen LogP) is 1.82. The number of benzene rings is 1. The first kappa shape index (κ1) is 16.7. The standard InChI is InChI=1S/C14H21NO4S/c1-10(13-7-5-4-6-8-13)9-20(18,19)15-12(3)11(2)14(16)17/h4-8,10-12,15H,9H2,1-3H3,(H,16,17). The minimum absolute atomic E-state index is 0.0618. The summed E-state index contributed by atoms with van der Waals surface area (Å²) in [5, 5.41) is 8.87. The summed E-state index contributed by atoms with van der Waals surface area (Å²) in [6, 6.07) is 8.72. The molecule has 1 rings (SSSR count). The van der Waals surface area contributed by atoms with Gasteiger partial charge in [0.25, 0.3) is 0 Å². The average Bonchev–Trinajstić information content (AvgIpc) is 2.37. The first-order chi connectivity index (χ1) is 9.23. The molecule has 0 radical (unpaired) electrons. The Morgan fingerprint density at radius 1 is 1.20 bits per heavy atom. The number of hydrogen-bond donors (Lipinski definition) is 2. The molecule has 0 saturated carbocycles. The van der Waals surface area contributed by atoms with Crippen LogP contribution in [0.4, 0.5) is 0 Å². The number of nitrogens with one attached hydrogen (secondary N) is 1. The van der Waals surface area contributed by atoms with Crippen LogP contribution in [0.3, 0.4) is 0 Å². The van der Waals surface area contributed by atoms with E-state index in [4.69, 9.17) is 5.11 Å². The number of carbonyl (C=O) groups is 1. The monoisotopic (exact) mass is 299 g/mol. The predicted molar refractivity (Wildman–Crippen MR) is 78.0 cm³/mol. The lowest BCUT2D eigenvalue weighted by atomic mass is 10.0. The third kappa shape index (κ3) is 4.94. The largest absolute Gasteiger partial charge is 0.481 e. The lowest BCUT2D eigenvalue weighted by Gasteiger charge is -2.19. The minimum atomic E-state index is -3.52. The molecule has 0 amide bonds. The summed E-state index contributed by atoms with van der Waals surface area (Å²) in [7, 11) is -3.52. The van der Waals surface area contributed by atoms with Crippen molar-refractivity contribution in [3.63, 3.8) is 0 Å². The molecule has 0 aliphatic carbocycles. The first-order valence-electron chi connectivity index (χ1n) is 6.50. The summed E-state index contributed by atoms with van der Waals surface area (Å²) in [6.45, 7) is 4.87. The minimum Gasteiger partial charge on any atom is -0.481 e. The van der Waals surface area contributed by atoms with Gasteiger partial charge in [0, 0.05) is 6.04 Å². The van der Waals surface area contributed by atoms with Crippen LogP contribution in [0.5, 0.6) is 0 Å². The third-order valence-corrected chi connectivity index (χ3v) is 5.01. The molecule has 0 bridgehead atoms. The van der Waals surface area contributed by atoms with Crippen molar-refractivity contribution < 1.29 is 18.3 Å². The normalized spacial score (nSPS) is 16.4. The Balaban J connectivity index is 2.69. The molecular weight excluding hydrogens is 278 g/mol. The molecule has 20 heavy (non-hydrogen) atoms. The summed E-state index contributed by atoms with van der Waals surface area (Å²) < 4.78 is 26.5. The third-order valence-electron chi connectivity index (χ3n) is 3.34. The lowest BCUT2D eigenvalue weighted by molar-refractivity contribution is -0.141. The molecule has 0 aliphatic rings. The van der Waals surface area contributed by atoms with E-state index in [9.17, 15) is 13.2 Å². The van der Waals surface area contributed by atoms with E-state index < -0.39 is 28.0 Å².